The summed E-state index contributed by atoms with van der Waals surface area (Å²) in [5, 5.41) is 10.6. The summed E-state index contributed by atoms with van der Waals surface area (Å²) in [7, 11) is 0. The third-order valence-corrected chi connectivity index (χ3v) is 3.54. The molecule has 1 aromatic carbocycles. The topological polar surface area (TPSA) is 33.1 Å². The molecule has 0 bridgehead atoms. The van der Waals surface area contributed by atoms with Gasteiger partial charge in [0.2, 0.25) is 0 Å². The Hall–Kier alpha value is -1.67. The van der Waals surface area contributed by atoms with Gasteiger partial charge in [-0.3, -0.25) is 4.98 Å². The van der Waals surface area contributed by atoms with E-state index in [1.54, 1.807) is 12.4 Å². The van der Waals surface area contributed by atoms with Crippen LogP contribution >= 0.6 is 0 Å². The van der Waals surface area contributed by atoms with E-state index in [-0.39, 0.29) is 5.92 Å². The highest BCUT2D eigenvalue weighted by molar-refractivity contribution is 5.37. The summed E-state index contributed by atoms with van der Waals surface area (Å²) < 4.78 is 0. The maximum absolute atomic E-state index is 10.6. The van der Waals surface area contributed by atoms with E-state index in [1.807, 2.05) is 51.1 Å². The van der Waals surface area contributed by atoms with Crippen LogP contribution in [0.3, 0.4) is 0 Å². The first-order valence-electron chi connectivity index (χ1n) is 6.25. The summed E-state index contributed by atoms with van der Waals surface area (Å²) in [5.74, 6) is 0.0628. The Kier molecular flexibility index (Phi) is 3.78. The molecule has 0 saturated heterocycles. The maximum atomic E-state index is 10.6. The molecule has 94 valence electrons. The third-order valence-electron chi connectivity index (χ3n) is 3.54. The van der Waals surface area contributed by atoms with Gasteiger partial charge < -0.3 is 5.11 Å². The number of nitrogens with zero attached hydrogens (tertiary/aromatic N) is 1. The Morgan fingerprint density at radius 3 is 2.11 bits per heavy atom. The molecule has 0 fully saturated rings. The van der Waals surface area contributed by atoms with Crippen molar-refractivity contribution in [2.45, 2.75) is 32.8 Å². The molecule has 0 saturated carbocycles. The monoisotopic (exact) mass is 241 g/mol. The molecule has 1 N–H and O–H groups in total. The molecular weight excluding hydrogens is 222 g/mol. The summed E-state index contributed by atoms with van der Waals surface area (Å²) in [6.45, 7) is 6.14. The van der Waals surface area contributed by atoms with E-state index in [0.717, 1.165) is 22.3 Å². The number of benzene rings is 1. The van der Waals surface area contributed by atoms with Crippen molar-refractivity contribution in [1.29, 1.82) is 0 Å². The average molecular weight is 241 g/mol. The van der Waals surface area contributed by atoms with Gasteiger partial charge in [0.15, 0.2) is 0 Å². The molecule has 1 heterocycles. The molecule has 0 aliphatic heterocycles. The van der Waals surface area contributed by atoms with Crippen molar-refractivity contribution in [1.82, 2.24) is 4.98 Å². The van der Waals surface area contributed by atoms with Crippen molar-refractivity contribution in [3.8, 4) is 0 Å². The first-order chi connectivity index (χ1) is 8.61. The fourth-order valence-electron chi connectivity index (χ4n) is 2.39. The molecule has 2 rings (SSSR count). The average Bonchev–Trinajstić information content (AvgIpc) is 2.38. The van der Waals surface area contributed by atoms with E-state index in [0.29, 0.717) is 0 Å². The zero-order valence-electron chi connectivity index (χ0n) is 11.1. The Labute approximate surface area is 108 Å². The fraction of sp³-hybridized carbons (Fsp3) is 0.312. The van der Waals surface area contributed by atoms with Gasteiger partial charge in [0.25, 0.3) is 0 Å². The van der Waals surface area contributed by atoms with E-state index in [1.165, 1.54) is 0 Å². The molecule has 18 heavy (non-hydrogen) atoms. The number of rotatable bonds is 3. The Morgan fingerprint density at radius 1 is 1.00 bits per heavy atom. The van der Waals surface area contributed by atoms with Gasteiger partial charge in [-0.2, -0.15) is 0 Å². The minimum Gasteiger partial charge on any atom is -0.388 e. The normalized spacial score (nSPS) is 14.2. The summed E-state index contributed by atoms with van der Waals surface area (Å²) >= 11 is 0. The molecule has 0 aliphatic carbocycles. The zero-order valence-corrected chi connectivity index (χ0v) is 11.1. The van der Waals surface area contributed by atoms with Crippen LogP contribution in [0, 0.1) is 13.8 Å². The number of pyridine rings is 1. The van der Waals surface area contributed by atoms with Gasteiger partial charge in [-0.1, -0.05) is 25.1 Å². The second-order valence-electron chi connectivity index (χ2n) is 4.82. The van der Waals surface area contributed by atoms with Crippen molar-refractivity contribution in [2.24, 2.45) is 0 Å². The number of aryl methyl sites for hydroxylation is 2. The van der Waals surface area contributed by atoms with Crippen LogP contribution in [0.15, 0.2) is 42.7 Å². The van der Waals surface area contributed by atoms with Gasteiger partial charge in [-0.05, 0) is 48.2 Å². The number of aliphatic hydroxyl groups excluding tert-OH is 1. The molecule has 2 nitrogen and oxygen atoms in total. The molecule has 2 heteroatoms. The first kappa shape index (κ1) is 12.8. The molecule has 0 spiro atoms. The lowest BCUT2D eigenvalue weighted by atomic mass is 9.87. The van der Waals surface area contributed by atoms with Crippen LogP contribution in [-0.2, 0) is 0 Å². The van der Waals surface area contributed by atoms with Crippen molar-refractivity contribution < 1.29 is 5.11 Å². The summed E-state index contributed by atoms with van der Waals surface area (Å²) in [6.07, 6.45) is 3.06. The fourth-order valence-corrected chi connectivity index (χ4v) is 2.39. The van der Waals surface area contributed by atoms with Crippen molar-refractivity contribution in [2.75, 3.05) is 0 Å². The Bertz CT molecular complexity index is 502. The SMILES string of the molecule is Cc1cccc(C)c1C(O)C(C)c1ccncc1. The van der Waals surface area contributed by atoms with Gasteiger partial charge in [0, 0.05) is 18.3 Å². The predicted octanol–water partition coefficient (Wildman–Crippen LogP) is 3.54. The van der Waals surface area contributed by atoms with Gasteiger partial charge >= 0.3 is 0 Å². The lowest BCUT2D eigenvalue weighted by molar-refractivity contribution is 0.150. The number of aromatic nitrogens is 1. The van der Waals surface area contributed by atoms with Crippen LogP contribution in [-0.4, -0.2) is 10.1 Å². The Morgan fingerprint density at radius 2 is 1.56 bits per heavy atom. The second kappa shape index (κ2) is 5.32. The third kappa shape index (κ3) is 2.44. The van der Waals surface area contributed by atoms with Crippen LogP contribution in [0.25, 0.3) is 0 Å². The molecule has 2 unspecified atom stereocenters. The smallest absolute Gasteiger partial charge is 0.0860 e. The maximum Gasteiger partial charge on any atom is 0.0860 e. The molecule has 2 aromatic rings. The quantitative estimate of drug-likeness (QED) is 0.891. The summed E-state index contributed by atoms with van der Waals surface area (Å²) in [4.78, 5) is 4.01. The number of hydrogen-bond donors (Lipinski definition) is 1. The van der Waals surface area contributed by atoms with Crippen molar-refractivity contribution >= 4 is 0 Å². The lowest BCUT2D eigenvalue weighted by Gasteiger charge is -2.23. The van der Waals surface area contributed by atoms with Crippen LogP contribution < -0.4 is 0 Å². The molecule has 0 radical (unpaired) electrons. The summed E-state index contributed by atoms with van der Waals surface area (Å²) in [5.41, 5.74) is 4.44. The molecule has 2 atom stereocenters. The van der Waals surface area contributed by atoms with Crippen LogP contribution in [0.5, 0.6) is 0 Å². The number of hydrogen-bond acceptors (Lipinski definition) is 2. The van der Waals surface area contributed by atoms with Gasteiger partial charge in [0.05, 0.1) is 6.10 Å². The standard InChI is InChI=1S/C16H19NO/c1-11-5-4-6-12(2)15(11)16(18)13(3)14-7-9-17-10-8-14/h4-10,13,16,18H,1-3H3. The highest BCUT2D eigenvalue weighted by Gasteiger charge is 2.21. The minimum atomic E-state index is -0.478. The van der Waals surface area contributed by atoms with Gasteiger partial charge in [-0.25, -0.2) is 0 Å². The minimum absolute atomic E-state index is 0.0628. The highest BCUT2D eigenvalue weighted by atomic mass is 16.3. The van der Waals surface area contributed by atoms with E-state index < -0.39 is 6.10 Å². The van der Waals surface area contributed by atoms with Gasteiger partial charge in [0.1, 0.15) is 0 Å². The van der Waals surface area contributed by atoms with Crippen LogP contribution in [0.1, 0.15) is 41.2 Å². The number of aliphatic hydroxyl groups is 1. The Balaban J connectivity index is 2.34. The molecule has 0 amide bonds. The second-order valence-corrected chi connectivity index (χ2v) is 4.82. The van der Waals surface area contributed by atoms with E-state index in [4.69, 9.17) is 0 Å². The van der Waals surface area contributed by atoms with Gasteiger partial charge in [-0.15, -0.1) is 0 Å². The van der Waals surface area contributed by atoms with Crippen molar-refractivity contribution in [3.63, 3.8) is 0 Å². The summed E-state index contributed by atoms with van der Waals surface area (Å²) in [6, 6.07) is 10.0. The zero-order chi connectivity index (χ0) is 13.1. The van der Waals surface area contributed by atoms with E-state index >= 15 is 0 Å². The van der Waals surface area contributed by atoms with E-state index in [2.05, 4.69) is 4.98 Å². The molecule has 1 aromatic heterocycles. The largest absolute Gasteiger partial charge is 0.388 e. The van der Waals surface area contributed by atoms with Crippen molar-refractivity contribution in [3.05, 3.63) is 65.0 Å². The molecular formula is C16H19NO. The van der Waals surface area contributed by atoms with Crippen LogP contribution in [0.2, 0.25) is 0 Å². The van der Waals surface area contributed by atoms with Crippen LogP contribution in [0.4, 0.5) is 0 Å². The highest BCUT2D eigenvalue weighted by Crippen LogP contribution is 2.33. The predicted molar refractivity (Wildman–Crippen MR) is 73.5 cm³/mol. The van der Waals surface area contributed by atoms with E-state index in [9.17, 15) is 5.11 Å². The first-order valence-corrected chi connectivity index (χ1v) is 6.25. The molecule has 0 aliphatic rings. The lowest BCUT2D eigenvalue weighted by Crippen LogP contribution is -2.10.